The number of allylic oxidation sites excluding steroid dienone is 3. The predicted octanol–water partition coefficient (Wildman–Crippen LogP) is 13.1. The minimum absolute atomic E-state index is 0.107. The molecule has 3 unspecified atom stereocenters. The van der Waals surface area contributed by atoms with Gasteiger partial charge in [0.2, 0.25) is 0 Å². The van der Waals surface area contributed by atoms with Crippen LogP contribution in [0.3, 0.4) is 0 Å². The molecule has 54 heavy (non-hydrogen) atoms. The summed E-state index contributed by atoms with van der Waals surface area (Å²) in [6.07, 6.45) is 14.9. The minimum Gasteiger partial charge on any atom is -0.333 e. The standard InChI is InChI=1S/C51H41N3/c1-33-19-23-38(24-20-33)52-46-28-22-36(31-42(46)50-34(2)12-11-17-47(50)52)35-21-27-45-41(30-35)40-15-7-8-16-44(40)53(45)39-25-26-43-48(32-39)54(37-13-5-4-6-14-37)49-18-9-10-29-51(43,49)3/h4-11,13-32,34,49H,12H2,1-3H3. The van der Waals surface area contributed by atoms with Gasteiger partial charge in [-0.25, -0.2) is 0 Å². The smallest absolute Gasteiger partial charge is 0.0655 e. The Morgan fingerprint density at radius 1 is 0.611 bits per heavy atom. The first-order valence-electron chi connectivity index (χ1n) is 19.3. The monoisotopic (exact) mass is 695 g/mol. The number of benzene rings is 6. The van der Waals surface area contributed by atoms with Gasteiger partial charge in [-0.3, -0.25) is 0 Å². The zero-order valence-electron chi connectivity index (χ0n) is 30.9. The number of hydrogen-bond donors (Lipinski definition) is 0. The van der Waals surface area contributed by atoms with E-state index in [9.17, 15) is 0 Å². The summed E-state index contributed by atoms with van der Waals surface area (Å²) in [7, 11) is 0. The zero-order valence-corrected chi connectivity index (χ0v) is 30.9. The highest BCUT2D eigenvalue weighted by molar-refractivity contribution is 6.11. The van der Waals surface area contributed by atoms with Crippen molar-refractivity contribution in [2.75, 3.05) is 4.90 Å². The third-order valence-corrected chi connectivity index (χ3v) is 12.5. The molecule has 0 spiro atoms. The lowest BCUT2D eigenvalue weighted by atomic mass is 9.76. The second-order valence-electron chi connectivity index (χ2n) is 15.7. The van der Waals surface area contributed by atoms with Crippen LogP contribution in [0.1, 0.15) is 48.6 Å². The molecule has 3 aliphatic rings. The van der Waals surface area contributed by atoms with E-state index in [1.807, 2.05) is 0 Å². The third kappa shape index (κ3) is 4.42. The second kappa shape index (κ2) is 11.6. The Bertz CT molecular complexity index is 2900. The van der Waals surface area contributed by atoms with Gasteiger partial charge in [-0.1, -0.05) is 110 Å². The average molecular weight is 696 g/mol. The lowest BCUT2D eigenvalue weighted by Gasteiger charge is -2.34. The van der Waals surface area contributed by atoms with Crippen molar-refractivity contribution in [2.24, 2.45) is 0 Å². The SMILES string of the molecule is Cc1ccc(-n2c3c(c4cc(-c5ccc6c(c5)c5ccccc5n6-c5ccc6c(c5)N(c5ccccc5)C5C=CC=CC65C)ccc42)C(C)CC=C3)cc1. The van der Waals surface area contributed by atoms with Crippen molar-refractivity contribution in [3.05, 3.63) is 186 Å². The highest BCUT2D eigenvalue weighted by Crippen LogP contribution is 2.52. The van der Waals surface area contributed by atoms with Crippen molar-refractivity contribution in [3.8, 4) is 22.5 Å². The molecule has 260 valence electrons. The molecule has 3 atom stereocenters. The fourth-order valence-electron chi connectivity index (χ4n) is 9.78. The van der Waals surface area contributed by atoms with Gasteiger partial charge in [-0.05, 0) is 121 Å². The topological polar surface area (TPSA) is 13.1 Å². The predicted molar refractivity (Wildman–Crippen MR) is 228 cm³/mol. The first-order chi connectivity index (χ1) is 26.5. The molecular weight excluding hydrogens is 655 g/mol. The van der Waals surface area contributed by atoms with E-state index < -0.39 is 0 Å². The van der Waals surface area contributed by atoms with Crippen molar-refractivity contribution in [3.63, 3.8) is 0 Å². The molecule has 0 radical (unpaired) electrons. The molecule has 3 nitrogen and oxygen atoms in total. The number of anilines is 2. The molecule has 8 aromatic rings. The molecule has 2 aromatic heterocycles. The maximum absolute atomic E-state index is 2.53. The lowest BCUT2D eigenvalue weighted by molar-refractivity contribution is 0.551. The van der Waals surface area contributed by atoms with Crippen LogP contribution in [0, 0.1) is 6.92 Å². The molecule has 6 aromatic carbocycles. The number of nitrogens with zero attached hydrogens (tertiary/aromatic N) is 3. The maximum Gasteiger partial charge on any atom is 0.0655 e. The molecule has 0 saturated heterocycles. The first-order valence-corrected chi connectivity index (χ1v) is 19.3. The summed E-state index contributed by atoms with van der Waals surface area (Å²) < 4.78 is 4.91. The fourth-order valence-corrected chi connectivity index (χ4v) is 9.78. The van der Waals surface area contributed by atoms with Crippen LogP contribution in [0.25, 0.3) is 61.3 Å². The van der Waals surface area contributed by atoms with Gasteiger partial charge >= 0.3 is 0 Å². The van der Waals surface area contributed by atoms with Gasteiger partial charge in [0.1, 0.15) is 0 Å². The maximum atomic E-state index is 2.53. The number of aryl methyl sites for hydroxylation is 1. The van der Waals surface area contributed by atoms with Crippen LogP contribution in [-0.2, 0) is 5.41 Å². The Kier molecular flexibility index (Phi) is 6.70. The summed E-state index contributed by atoms with van der Waals surface area (Å²) in [6.45, 7) is 6.90. The summed E-state index contributed by atoms with van der Waals surface area (Å²) in [6, 6.07) is 50.2. The van der Waals surface area contributed by atoms with E-state index in [0.29, 0.717) is 5.92 Å². The minimum atomic E-state index is -0.107. The Balaban J connectivity index is 1.07. The van der Waals surface area contributed by atoms with Gasteiger partial charge < -0.3 is 14.0 Å². The molecule has 3 heterocycles. The molecule has 3 heteroatoms. The lowest BCUT2D eigenvalue weighted by Crippen LogP contribution is -2.39. The Morgan fingerprint density at radius 3 is 2.13 bits per heavy atom. The van der Waals surface area contributed by atoms with E-state index in [1.165, 1.54) is 89.0 Å². The average Bonchev–Trinajstić information content (AvgIpc) is 3.81. The number of rotatable bonds is 4. The van der Waals surface area contributed by atoms with Gasteiger partial charge in [-0.2, -0.15) is 0 Å². The molecule has 11 rings (SSSR count). The van der Waals surface area contributed by atoms with E-state index >= 15 is 0 Å². The number of aromatic nitrogens is 2. The van der Waals surface area contributed by atoms with Crippen molar-refractivity contribution >= 4 is 50.2 Å². The van der Waals surface area contributed by atoms with E-state index in [2.05, 4.69) is 205 Å². The van der Waals surface area contributed by atoms with Crippen LogP contribution < -0.4 is 4.90 Å². The molecule has 1 aliphatic heterocycles. The normalized spacial score (nSPS) is 19.9. The summed E-state index contributed by atoms with van der Waals surface area (Å²) in [5, 5.41) is 3.89. The van der Waals surface area contributed by atoms with Crippen LogP contribution in [-0.4, -0.2) is 15.2 Å². The second-order valence-corrected chi connectivity index (χ2v) is 15.7. The Hall–Kier alpha value is -6.32. The number of hydrogen-bond acceptors (Lipinski definition) is 1. The van der Waals surface area contributed by atoms with Crippen LogP contribution in [0.15, 0.2) is 164 Å². The van der Waals surface area contributed by atoms with Crippen LogP contribution in [0.2, 0.25) is 0 Å². The Morgan fingerprint density at radius 2 is 1.31 bits per heavy atom. The molecule has 0 amide bonds. The van der Waals surface area contributed by atoms with Gasteiger partial charge in [-0.15, -0.1) is 0 Å². The molecule has 0 saturated carbocycles. The fraction of sp³-hybridized carbons (Fsp3) is 0.137. The van der Waals surface area contributed by atoms with Gasteiger partial charge in [0, 0.05) is 50.0 Å². The highest BCUT2D eigenvalue weighted by atomic mass is 15.2. The van der Waals surface area contributed by atoms with Gasteiger partial charge in [0.05, 0.1) is 22.6 Å². The van der Waals surface area contributed by atoms with Crippen LogP contribution >= 0.6 is 0 Å². The number of fused-ring (bicyclic) bond motifs is 9. The van der Waals surface area contributed by atoms with Gasteiger partial charge in [0.25, 0.3) is 0 Å². The molecule has 0 fully saturated rings. The van der Waals surface area contributed by atoms with Crippen molar-refractivity contribution in [1.82, 2.24) is 9.13 Å². The molecule has 0 N–H and O–H groups in total. The molecule has 0 bridgehead atoms. The summed E-state index contributed by atoms with van der Waals surface area (Å²) in [5.74, 6) is 0.457. The van der Waals surface area contributed by atoms with E-state index in [0.717, 1.165) is 6.42 Å². The molecule has 2 aliphatic carbocycles. The van der Waals surface area contributed by atoms with E-state index in [1.54, 1.807) is 0 Å². The summed E-state index contributed by atoms with van der Waals surface area (Å²) in [5.41, 5.74) is 16.4. The largest absolute Gasteiger partial charge is 0.333 e. The number of para-hydroxylation sites is 2. The quantitative estimate of drug-likeness (QED) is 0.179. The Labute approximate surface area is 316 Å². The van der Waals surface area contributed by atoms with Crippen LogP contribution in [0.5, 0.6) is 0 Å². The summed E-state index contributed by atoms with van der Waals surface area (Å²) in [4.78, 5) is 2.53. The van der Waals surface area contributed by atoms with Crippen LogP contribution in [0.4, 0.5) is 11.4 Å². The van der Waals surface area contributed by atoms with Gasteiger partial charge in [0.15, 0.2) is 0 Å². The highest BCUT2D eigenvalue weighted by Gasteiger charge is 2.46. The van der Waals surface area contributed by atoms with Crippen molar-refractivity contribution in [2.45, 2.75) is 44.6 Å². The summed E-state index contributed by atoms with van der Waals surface area (Å²) >= 11 is 0. The van der Waals surface area contributed by atoms with Crippen molar-refractivity contribution < 1.29 is 0 Å². The van der Waals surface area contributed by atoms with E-state index in [4.69, 9.17) is 0 Å². The first kappa shape index (κ1) is 31.2. The third-order valence-electron chi connectivity index (χ3n) is 12.5. The van der Waals surface area contributed by atoms with E-state index in [-0.39, 0.29) is 11.5 Å². The molecular formula is C51H41N3. The van der Waals surface area contributed by atoms with Crippen molar-refractivity contribution in [1.29, 1.82) is 0 Å². The zero-order chi connectivity index (χ0) is 36.1.